The van der Waals surface area contributed by atoms with E-state index in [9.17, 15) is 0 Å². The molecule has 1 aliphatic carbocycles. The van der Waals surface area contributed by atoms with Gasteiger partial charge in [-0.25, -0.2) is 0 Å². The molecule has 0 aromatic heterocycles. The average Bonchev–Trinajstić information content (AvgIpc) is 2.42. The molecule has 1 atom stereocenters. The van der Waals surface area contributed by atoms with E-state index in [1.165, 1.54) is 32.9 Å². The largest absolute Gasteiger partial charge is 0.310 e. The molecule has 0 saturated heterocycles. The van der Waals surface area contributed by atoms with Gasteiger partial charge in [0.25, 0.3) is 0 Å². The van der Waals surface area contributed by atoms with Gasteiger partial charge in [0.1, 0.15) is 0 Å². The minimum atomic E-state index is 0.394. The molecule has 0 fully saturated rings. The van der Waals surface area contributed by atoms with Gasteiger partial charge in [-0.05, 0) is 54.5 Å². The van der Waals surface area contributed by atoms with E-state index < -0.39 is 0 Å². The highest BCUT2D eigenvalue weighted by atomic mass is 79.9. The van der Waals surface area contributed by atoms with E-state index in [1.54, 1.807) is 0 Å². The maximum absolute atomic E-state index is 3.74. The van der Waals surface area contributed by atoms with Gasteiger partial charge in [0, 0.05) is 15.0 Å². The summed E-state index contributed by atoms with van der Waals surface area (Å²) in [4.78, 5) is 0. The first-order valence-corrected chi connectivity index (χ1v) is 8.23. The Morgan fingerprint density at radius 2 is 1.94 bits per heavy atom. The number of hydrogen-bond acceptors (Lipinski definition) is 1. The lowest BCUT2D eigenvalue weighted by Gasteiger charge is -2.28. The van der Waals surface area contributed by atoms with Crippen LogP contribution in [0.3, 0.4) is 0 Å². The van der Waals surface area contributed by atoms with Crippen LogP contribution in [0.5, 0.6) is 0 Å². The van der Waals surface area contributed by atoms with Crippen LogP contribution in [-0.2, 0) is 6.42 Å². The fourth-order valence-electron chi connectivity index (χ4n) is 2.88. The molecule has 0 aliphatic heterocycles. The topological polar surface area (TPSA) is 12.0 Å². The summed E-state index contributed by atoms with van der Waals surface area (Å²) in [6.07, 6.45) is 3.60. The van der Waals surface area contributed by atoms with Gasteiger partial charge < -0.3 is 5.32 Å². The fraction of sp³-hybridized carbons (Fsp3) is 0.600. The molecule has 1 aromatic carbocycles. The monoisotopic (exact) mass is 373 g/mol. The van der Waals surface area contributed by atoms with Gasteiger partial charge in [-0.2, -0.15) is 0 Å². The maximum atomic E-state index is 3.74. The van der Waals surface area contributed by atoms with Crippen molar-refractivity contribution in [2.45, 2.75) is 46.1 Å². The second kappa shape index (κ2) is 5.64. The molecular weight excluding hydrogens is 354 g/mol. The van der Waals surface area contributed by atoms with Crippen LogP contribution in [0, 0.1) is 5.41 Å². The van der Waals surface area contributed by atoms with Crippen LogP contribution in [0.1, 0.15) is 50.8 Å². The molecule has 1 N–H and O–H groups in total. The van der Waals surface area contributed by atoms with Crippen molar-refractivity contribution in [2.75, 3.05) is 6.54 Å². The number of benzene rings is 1. The van der Waals surface area contributed by atoms with Crippen molar-refractivity contribution in [3.05, 3.63) is 32.2 Å². The Hall–Kier alpha value is 0.140. The Labute approximate surface area is 127 Å². The highest BCUT2D eigenvalue weighted by molar-refractivity contribution is 9.11. The van der Waals surface area contributed by atoms with Crippen molar-refractivity contribution in [2.24, 2.45) is 5.41 Å². The van der Waals surface area contributed by atoms with Crippen molar-refractivity contribution >= 4 is 31.9 Å². The Morgan fingerprint density at radius 1 is 1.28 bits per heavy atom. The predicted molar refractivity (Wildman–Crippen MR) is 85.0 cm³/mol. The molecule has 1 nitrogen and oxygen atoms in total. The Bertz CT molecular complexity index is 440. The molecular formula is C15H21Br2N. The van der Waals surface area contributed by atoms with Crippen molar-refractivity contribution in [3.8, 4) is 0 Å². The highest BCUT2D eigenvalue weighted by Gasteiger charge is 2.31. The summed E-state index contributed by atoms with van der Waals surface area (Å²) < 4.78 is 2.49. The SMILES string of the molecule is CCNC1CC(C)(C)CCc2c(Br)ccc(Br)c21. The van der Waals surface area contributed by atoms with Gasteiger partial charge in [-0.1, -0.05) is 52.6 Å². The van der Waals surface area contributed by atoms with Crippen LogP contribution >= 0.6 is 31.9 Å². The Kier molecular flexibility index (Phi) is 4.56. The lowest BCUT2D eigenvalue weighted by Crippen LogP contribution is -2.26. The third-order valence-electron chi connectivity index (χ3n) is 3.85. The summed E-state index contributed by atoms with van der Waals surface area (Å²) in [5, 5.41) is 3.65. The van der Waals surface area contributed by atoms with Crippen molar-refractivity contribution in [3.63, 3.8) is 0 Å². The molecule has 0 radical (unpaired) electrons. The summed E-state index contributed by atoms with van der Waals surface area (Å²) in [5.41, 5.74) is 3.32. The van der Waals surface area contributed by atoms with Gasteiger partial charge in [0.2, 0.25) is 0 Å². The molecule has 18 heavy (non-hydrogen) atoms. The molecule has 0 saturated carbocycles. The van der Waals surface area contributed by atoms with Crippen LogP contribution in [0.15, 0.2) is 21.1 Å². The number of halogens is 2. The van der Waals surface area contributed by atoms with Gasteiger partial charge in [-0.3, -0.25) is 0 Å². The normalized spacial score (nSPS) is 22.4. The van der Waals surface area contributed by atoms with E-state index in [4.69, 9.17) is 0 Å². The molecule has 0 amide bonds. The molecule has 1 unspecified atom stereocenters. The van der Waals surface area contributed by atoms with Crippen LogP contribution < -0.4 is 5.32 Å². The van der Waals surface area contributed by atoms with Crippen molar-refractivity contribution in [1.29, 1.82) is 0 Å². The number of nitrogens with one attached hydrogen (secondary N) is 1. The second-order valence-corrected chi connectivity index (χ2v) is 7.61. The van der Waals surface area contributed by atoms with E-state index in [2.05, 4.69) is 70.1 Å². The minimum absolute atomic E-state index is 0.394. The Morgan fingerprint density at radius 3 is 2.61 bits per heavy atom. The lowest BCUT2D eigenvalue weighted by molar-refractivity contribution is 0.275. The predicted octanol–water partition coefficient (Wildman–Crippen LogP) is 5.22. The zero-order valence-corrected chi connectivity index (χ0v) is 14.5. The van der Waals surface area contributed by atoms with Gasteiger partial charge >= 0.3 is 0 Å². The summed E-state index contributed by atoms with van der Waals surface area (Å²) >= 11 is 7.46. The third kappa shape index (κ3) is 3.00. The highest BCUT2D eigenvalue weighted by Crippen LogP contribution is 2.43. The summed E-state index contributed by atoms with van der Waals surface area (Å²) in [6.45, 7) is 7.96. The van der Waals surface area contributed by atoms with E-state index in [-0.39, 0.29) is 0 Å². The molecule has 3 heteroatoms. The minimum Gasteiger partial charge on any atom is -0.310 e. The molecule has 0 spiro atoms. The zero-order chi connectivity index (χ0) is 13.3. The first-order valence-electron chi connectivity index (χ1n) is 6.65. The summed E-state index contributed by atoms with van der Waals surface area (Å²) in [5.74, 6) is 0. The van der Waals surface area contributed by atoms with Crippen molar-refractivity contribution < 1.29 is 0 Å². The van der Waals surface area contributed by atoms with Gasteiger partial charge in [0.15, 0.2) is 0 Å². The van der Waals surface area contributed by atoms with E-state index in [0.29, 0.717) is 11.5 Å². The van der Waals surface area contributed by atoms with Crippen molar-refractivity contribution in [1.82, 2.24) is 5.32 Å². The molecule has 2 rings (SSSR count). The van der Waals surface area contributed by atoms with Crippen LogP contribution in [0.25, 0.3) is 0 Å². The lowest BCUT2D eigenvalue weighted by atomic mass is 9.83. The van der Waals surface area contributed by atoms with E-state index in [0.717, 1.165) is 13.0 Å². The molecule has 1 aliphatic rings. The van der Waals surface area contributed by atoms with E-state index >= 15 is 0 Å². The average molecular weight is 375 g/mol. The van der Waals surface area contributed by atoms with Crippen LogP contribution in [0.2, 0.25) is 0 Å². The maximum Gasteiger partial charge on any atom is 0.0339 e. The smallest absolute Gasteiger partial charge is 0.0339 e. The van der Waals surface area contributed by atoms with E-state index in [1.807, 2.05) is 0 Å². The molecule has 0 heterocycles. The quantitative estimate of drug-likeness (QED) is 0.699. The fourth-order valence-corrected chi connectivity index (χ4v) is 4.07. The summed E-state index contributed by atoms with van der Waals surface area (Å²) in [6, 6.07) is 4.77. The van der Waals surface area contributed by atoms with Crippen LogP contribution in [0.4, 0.5) is 0 Å². The van der Waals surface area contributed by atoms with Crippen LogP contribution in [-0.4, -0.2) is 6.54 Å². The molecule has 1 aromatic rings. The number of fused-ring (bicyclic) bond motifs is 1. The standard InChI is InChI=1S/C15H21Br2N/c1-4-18-13-9-15(2,3)8-7-10-11(16)5-6-12(17)14(10)13/h5-6,13,18H,4,7-9H2,1-3H3. The van der Waals surface area contributed by atoms with Gasteiger partial charge in [-0.15, -0.1) is 0 Å². The first kappa shape index (κ1) is 14.5. The molecule has 0 bridgehead atoms. The first-order chi connectivity index (χ1) is 8.44. The Balaban J connectivity index is 2.50. The number of hydrogen-bond donors (Lipinski definition) is 1. The summed E-state index contributed by atoms with van der Waals surface area (Å²) in [7, 11) is 0. The third-order valence-corrected chi connectivity index (χ3v) is 5.29. The second-order valence-electron chi connectivity index (χ2n) is 5.90. The molecule has 100 valence electrons. The zero-order valence-electron chi connectivity index (χ0n) is 11.3. The number of rotatable bonds is 2. The van der Waals surface area contributed by atoms with Gasteiger partial charge in [0.05, 0.1) is 0 Å².